The molecule has 0 aliphatic heterocycles. The summed E-state index contributed by atoms with van der Waals surface area (Å²) in [5.41, 5.74) is 1.28. The van der Waals surface area contributed by atoms with Crippen LogP contribution >= 0.6 is 22.9 Å². The lowest BCUT2D eigenvalue weighted by molar-refractivity contribution is 0.507. The Balaban J connectivity index is 2.58. The lowest BCUT2D eigenvalue weighted by Crippen LogP contribution is -2.25. The van der Waals surface area contributed by atoms with Crippen molar-refractivity contribution in [3.8, 4) is 0 Å². The van der Waals surface area contributed by atoms with Gasteiger partial charge in [-0.1, -0.05) is 25.4 Å². The highest BCUT2D eigenvalue weighted by atomic mass is 35.5. The maximum atomic E-state index is 5.83. The van der Waals surface area contributed by atoms with Crippen molar-refractivity contribution in [3.63, 3.8) is 0 Å². The van der Waals surface area contributed by atoms with Crippen LogP contribution in [0.25, 0.3) is 0 Å². The van der Waals surface area contributed by atoms with Gasteiger partial charge in [0, 0.05) is 12.1 Å². The van der Waals surface area contributed by atoms with Crippen LogP contribution in [0.5, 0.6) is 0 Å². The van der Waals surface area contributed by atoms with Crippen molar-refractivity contribution in [1.29, 1.82) is 0 Å². The second-order valence-corrected chi connectivity index (χ2v) is 4.77. The van der Waals surface area contributed by atoms with Crippen LogP contribution < -0.4 is 5.32 Å². The molecule has 0 saturated carbocycles. The zero-order valence-corrected chi connectivity index (χ0v) is 9.17. The van der Waals surface area contributed by atoms with Crippen LogP contribution in [0.2, 0.25) is 4.34 Å². The standard InChI is InChI=1S/C9H14ClNS/c1-6(2)11-7(3)8-4-9(10)12-5-8/h4-7,11H,1-3H3. The molecule has 1 atom stereocenters. The molecule has 3 heteroatoms. The van der Waals surface area contributed by atoms with Gasteiger partial charge in [-0.25, -0.2) is 0 Å². The normalized spacial score (nSPS) is 13.8. The number of hydrogen-bond acceptors (Lipinski definition) is 2. The SMILES string of the molecule is CC(C)NC(C)c1csc(Cl)c1. The zero-order valence-electron chi connectivity index (χ0n) is 7.60. The fourth-order valence-electron chi connectivity index (χ4n) is 1.15. The van der Waals surface area contributed by atoms with Gasteiger partial charge in [-0.3, -0.25) is 0 Å². The molecule has 0 aliphatic carbocycles. The van der Waals surface area contributed by atoms with Gasteiger partial charge >= 0.3 is 0 Å². The molecular formula is C9H14ClNS. The molecule has 1 heterocycles. The summed E-state index contributed by atoms with van der Waals surface area (Å²) < 4.78 is 0.863. The lowest BCUT2D eigenvalue weighted by Gasteiger charge is -2.15. The summed E-state index contributed by atoms with van der Waals surface area (Å²) in [5.74, 6) is 0. The minimum absolute atomic E-state index is 0.397. The number of rotatable bonds is 3. The van der Waals surface area contributed by atoms with Crippen molar-refractivity contribution in [3.05, 3.63) is 21.3 Å². The minimum atomic E-state index is 0.397. The molecule has 12 heavy (non-hydrogen) atoms. The monoisotopic (exact) mass is 203 g/mol. The molecule has 0 bridgehead atoms. The molecule has 0 amide bonds. The molecule has 68 valence electrons. The summed E-state index contributed by atoms with van der Waals surface area (Å²) in [6.45, 7) is 6.44. The van der Waals surface area contributed by atoms with Gasteiger partial charge in [-0.2, -0.15) is 0 Å². The fourth-order valence-corrected chi connectivity index (χ4v) is 2.13. The Bertz CT molecular complexity index is 244. The van der Waals surface area contributed by atoms with Gasteiger partial charge in [0.15, 0.2) is 0 Å². The van der Waals surface area contributed by atoms with Gasteiger partial charge < -0.3 is 5.32 Å². The van der Waals surface area contributed by atoms with Crippen LogP contribution in [0.3, 0.4) is 0 Å². The molecule has 0 spiro atoms. The van der Waals surface area contributed by atoms with Gasteiger partial charge in [0.1, 0.15) is 0 Å². The third-order valence-corrected chi connectivity index (χ3v) is 2.78. The Kier molecular flexibility index (Phi) is 3.56. The van der Waals surface area contributed by atoms with E-state index >= 15 is 0 Å². The molecule has 0 radical (unpaired) electrons. The summed E-state index contributed by atoms with van der Waals surface area (Å²) in [4.78, 5) is 0. The van der Waals surface area contributed by atoms with E-state index in [2.05, 4.69) is 31.5 Å². The van der Waals surface area contributed by atoms with Crippen LogP contribution in [0.4, 0.5) is 0 Å². The highest BCUT2D eigenvalue weighted by molar-refractivity contribution is 7.14. The molecule has 0 saturated heterocycles. The first-order valence-corrected chi connectivity index (χ1v) is 5.35. The highest BCUT2D eigenvalue weighted by Crippen LogP contribution is 2.24. The smallest absolute Gasteiger partial charge is 0.0931 e. The number of nitrogens with one attached hydrogen (secondary N) is 1. The van der Waals surface area contributed by atoms with Gasteiger partial charge in [-0.15, -0.1) is 11.3 Å². The van der Waals surface area contributed by atoms with Gasteiger partial charge in [0.05, 0.1) is 4.34 Å². The average Bonchev–Trinajstić information content (AvgIpc) is 2.34. The van der Waals surface area contributed by atoms with Crippen molar-refractivity contribution in [2.24, 2.45) is 0 Å². The molecule has 0 aliphatic rings. The van der Waals surface area contributed by atoms with Crippen molar-refractivity contribution < 1.29 is 0 Å². The van der Waals surface area contributed by atoms with Crippen molar-refractivity contribution in [1.82, 2.24) is 5.32 Å². The first kappa shape index (κ1) is 10.0. The topological polar surface area (TPSA) is 12.0 Å². The van der Waals surface area contributed by atoms with Crippen LogP contribution in [0, 0.1) is 0 Å². The zero-order chi connectivity index (χ0) is 9.14. The molecular weight excluding hydrogens is 190 g/mol. The Morgan fingerprint density at radius 1 is 1.42 bits per heavy atom. The molecule has 1 rings (SSSR count). The largest absolute Gasteiger partial charge is 0.308 e. The number of halogens is 1. The van der Waals surface area contributed by atoms with Crippen LogP contribution in [-0.2, 0) is 0 Å². The third-order valence-electron chi connectivity index (χ3n) is 1.67. The predicted octanol–water partition coefficient (Wildman–Crippen LogP) is 3.46. The maximum Gasteiger partial charge on any atom is 0.0931 e. The van der Waals surface area contributed by atoms with Gasteiger partial charge in [0.2, 0.25) is 0 Å². The molecule has 1 aromatic heterocycles. The summed E-state index contributed by atoms with van der Waals surface area (Å²) in [6.07, 6.45) is 0. The number of hydrogen-bond donors (Lipinski definition) is 1. The second-order valence-electron chi connectivity index (χ2n) is 3.23. The summed E-state index contributed by atoms with van der Waals surface area (Å²) in [5, 5.41) is 5.52. The van der Waals surface area contributed by atoms with E-state index in [-0.39, 0.29) is 0 Å². The van der Waals surface area contributed by atoms with Crippen LogP contribution in [-0.4, -0.2) is 6.04 Å². The summed E-state index contributed by atoms with van der Waals surface area (Å²) in [7, 11) is 0. The molecule has 1 nitrogen and oxygen atoms in total. The Hall–Kier alpha value is -0.0500. The highest BCUT2D eigenvalue weighted by Gasteiger charge is 2.07. The van der Waals surface area contributed by atoms with Crippen molar-refractivity contribution >= 4 is 22.9 Å². The number of thiophene rings is 1. The van der Waals surface area contributed by atoms with Crippen molar-refractivity contribution in [2.45, 2.75) is 32.9 Å². The van der Waals surface area contributed by atoms with E-state index in [0.717, 1.165) is 4.34 Å². The third kappa shape index (κ3) is 2.77. The first-order valence-electron chi connectivity index (χ1n) is 4.09. The van der Waals surface area contributed by atoms with E-state index in [4.69, 9.17) is 11.6 Å². The quantitative estimate of drug-likeness (QED) is 0.794. The lowest BCUT2D eigenvalue weighted by atomic mass is 10.1. The van der Waals surface area contributed by atoms with E-state index < -0.39 is 0 Å². The maximum absolute atomic E-state index is 5.83. The molecule has 1 N–H and O–H groups in total. The van der Waals surface area contributed by atoms with Gasteiger partial charge in [0.25, 0.3) is 0 Å². The first-order chi connectivity index (χ1) is 5.59. The molecule has 0 fully saturated rings. The van der Waals surface area contributed by atoms with E-state index in [9.17, 15) is 0 Å². The molecule has 1 aromatic rings. The van der Waals surface area contributed by atoms with Crippen LogP contribution in [0.1, 0.15) is 32.4 Å². The van der Waals surface area contributed by atoms with Crippen LogP contribution in [0.15, 0.2) is 11.4 Å². The predicted molar refractivity (Wildman–Crippen MR) is 56.0 cm³/mol. The Morgan fingerprint density at radius 3 is 2.50 bits per heavy atom. The van der Waals surface area contributed by atoms with Crippen molar-refractivity contribution in [2.75, 3.05) is 0 Å². The fraction of sp³-hybridized carbons (Fsp3) is 0.556. The van der Waals surface area contributed by atoms with E-state index in [1.54, 1.807) is 11.3 Å². The minimum Gasteiger partial charge on any atom is -0.308 e. The van der Waals surface area contributed by atoms with E-state index in [0.29, 0.717) is 12.1 Å². The molecule has 1 unspecified atom stereocenters. The molecule has 0 aromatic carbocycles. The van der Waals surface area contributed by atoms with E-state index in [1.807, 2.05) is 6.07 Å². The second kappa shape index (κ2) is 4.26. The summed E-state index contributed by atoms with van der Waals surface area (Å²) in [6, 6.07) is 2.93. The summed E-state index contributed by atoms with van der Waals surface area (Å²) >= 11 is 7.42. The Labute approximate surface area is 82.7 Å². The van der Waals surface area contributed by atoms with Gasteiger partial charge in [-0.05, 0) is 23.9 Å². The van der Waals surface area contributed by atoms with E-state index in [1.165, 1.54) is 5.56 Å². The average molecular weight is 204 g/mol. The Morgan fingerprint density at radius 2 is 2.08 bits per heavy atom.